The molecular weight excluding hydrogens is 424 g/mol. The fourth-order valence-corrected chi connectivity index (χ4v) is 3.75. The Morgan fingerprint density at radius 3 is 2.39 bits per heavy atom. The van der Waals surface area contributed by atoms with Gasteiger partial charge in [0.25, 0.3) is 0 Å². The molecule has 6 heteroatoms. The zero-order valence-electron chi connectivity index (χ0n) is 15.5. The molecule has 1 fully saturated rings. The molecule has 0 spiro atoms. The molecule has 144 valence electrons. The molecule has 1 aliphatic rings. The first-order chi connectivity index (χ1) is 13.5. The molecule has 0 saturated heterocycles. The van der Waals surface area contributed by atoms with E-state index in [2.05, 4.69) is 27.8 Å². The van der Waals surface area contributed by atoms with Crippen LogP contribution in [0.1, 0.15) is 23.5 Å². The molecule has 0 aromatic heterocycles. The standard InChI is InChI=1S/C22H19BrO5/c1-26-20(24)22(21(25)27-2)14-17(22)16-11-6-12-18(23)19(16)28-13-7-10-15-8-4-3-5-9-15/h3-6,8-9,11-12,17H,13-14H2,1-2H3. The van der Waals surface area contributed by atoms with E-state index in [4.69, 9.17) is 14.2 Å². The molecule has 0 aliphatic heterocycles. The number of ether oxygens (including phenoxy) is 3. The second-order valence-electron chi connectivity index (χ2n) is 6.33. The van der Waals surface area contributed by atoms with Crippen molar-refractivity contribution in [2.24, 2.45) is 5.41 Å². The molecule has 1 saturated carbocycles. The number of carbonyl (C=O) groups is 2. The lowest BCUT2D eigenvalue weighted by Crippen LogP contribution is -2.30. The fourth-order valence-electron chi connectivity index (χ4n) is 3.26. The minimum atomic E-state index is -1.32. The highest BCUT2D eigenvalue weighted by atomic mass is 79.9. The van der Waals surface area contributed by atoms with Crippen molar-refractivity contribution in [1.29, 1.82) is 0 Å². The van der Waals surface area contributed by atoms with Gasteiger partial charge in [-0.1, -0.05) is 42.2 Å². The van der Waals surface area contributed by atoms with Crippen LogP contribution in [-0.4, -0.2) is 32.8 Å². The first-order valence-electron chi connectivity index (χ1n) is 8.66. The van der Waals surface area contributed by atoms with Gasteiger partial charge in [-0.05, 0) is 40.5 Å². The van der Waals surface area contributed by atoms with Crippen molar-refractivity contribution in [3.63, 3.8) is 0 Å². The molecular formula is C22H19BrO5. The summed E-state index contributed by atoms with van der Waals surface area (Å²) < 4.78 is 16.3. The van der Waals surface area contributed by atoms with E-state index in [1.54, 1.807) is 0 Å². The van der Waals surface area contributed by atoms with E-state index >= 15 is 0 Å². The van der Waals surface area contributed by atoms with Gasteiger partial charge in [-0.2, -0.15) is 0 Å². The van der Waals surface area contributed by atoms with E-state index < -0.39 is 17.4 Å². The smallest absolute Gasteiger partial charge is 0.323 e. The van der Waals surface area contributed by atoms with Crippen molar-refractivity contribution in [3.8, 4) is 17.6 Å². The minimum Gasteiger partial charge on any atom is -0.479 e. The van der Waals surface area contributed by atoms with Crippen LogP contribution in [-0.2, 0) is 19.1 Å². The summed E-state index contributed by atoms with van der Waals surface area (Å²) >= 11 is 3.48. The number of halogens is 1. The molecule has 1 aliphatic carbocycles. The number of hydrogen-bond donors (Lipinski definition) is 0. The summed E-state index contributed by atoms with van der Waals surface area (Å²) in [4.78, 5) is 24.6. The molecule has 0 amide bonds. The van der Waals surface area contributed by atoms with E-state index in [0.29, 0.717) is 12.2 Å². The zero-order chi connectivity index (χ0) is 20.1. The maximum Gasteiger partial charge on any atom is 0.323 e. The van der Waals surface area contributed by atoms with Gasteiger partial charge in [0.2, 0.25) is 0 Å². The first-order valence-corrected chi connectivity index (χ1v) is 9.46. The molecule has 28 heavy (non-hydrogen) atoms. The third kappa shape index (κ3) is 3.76. The third-order valence-corrected chi connectivity index (χ3v) is 5.35. The Labute approximate surface area is 172 Å². The molecule has 0 N–H and O–H groups in total. The monoisotopic (exact) mass is 442 g/mol. The average molecular weight is 443 g/mol. The van der Waals surface area contributed by atoms with Crippen LogP contribution in [0.3, 0.4) is 0 Å². The summed E-state index contributed by atoms with van der Waals surface area (Å²) in [5.41, 5.74) is 0.320. The van der Waals surface area contributed by atoms with Gasteiger partial charge in [0.1, 0.15) is 12.4 Å². The second-order valence-corrected chi connectivity index (χ2v) is 7.18. The fraction of sp³-hybridized carbons (Fsp3) is 0.273. The van der Waals surface area contributed by atoms with Crippen molar-refractivity contribution < 1.29 is 23.8 Å². The molecule has 0 heterocycles. The number of methoxy groups -OCH3 is 2. The molecule has 0 bridgehead atoms. The van der Waals surface area contributed by atoms with Crippen LogP contribution in [0.25, 0.3) is 0 Å². The summed E-state index contributed by atoms with van der Waals surface area (Å²) in [5.74, 6) is 5.00. The molecule has 2 aromatic rings. The van der Waals surface area contributed by atoms with E-state index in [0.717, 1.165) is 15.6 Å². The highest BCUT2D eigenvalue weighted by Gasteiger charge is 2.69. The van der Waals surface area contributed by atoms with Gasteiger partial charge < -0.3 is 14.2 Å². The number of esters is 2. The zero-order valence-corrected chi connectivity index (χ0v) is 17.1. The molecule has 0 radical (unpaired) electrons. The van der Waals surface area contributed by atoms with Crippen molar-refractivity contribution >= 4 is 27.9 Å². The Balaban J connectivity index is 1.82. The van der Waals surface area contributed by atoms with Gasteiger partial charge in [0.15, 0.2) is 5.41 Å². The Hall–Kier alpha value is -2.78. The molecule has 2 aromatic carbocycles. The molecule has 1 unspecified atom stereocenters. The highest BCUT2D eigenvalue weighted by Crippen LogP contribution is 2.62. The summed E-state index contributed by atoms with van der Waals surface area (Å²) in [6, 6.07) is 15.1. The van der Waals surface area contributed by atoms with Crippen LogP contribution in [0.5, 0.6) is 5.75 Å². The van der Waals surface area contributed by atoms with Crippen LogP contribution < -0.4 is 4.74 Å². The van der Waals surface area contributed by atoms with Gasteiger partial charge in [0.05, 0.1) is 18.7 Å². The summed E-state index contributed by atoms with van der Waals surface area (Å²) in [6.07, 6.45) is 0.314. The van der Waals surface area contributed by atoms with E-state index in [1.807, 2.05) is 48.5 Å². The number of benzene rings is 2. The number of rotatable bonds is 5. The maximum absolute atomic E-state index is 12.3. The molecule has 3 rings (SSSR count). The Bertz CT molecular complexity index is 926. The predicted molar refractivity (Wildman–Crippen MR) is 107 cm³/mol. The minimum absolute atomic E-state index is 0.167. The summed E-state index contributed by atoms with van der Waals surface area (Å²) in [7, 11) is 2.53. The van der Waals surface area contributed by atoms with Gasteiger partial charge in [-0.3, -0.25) is 9.59 Å². The SMILES string of the molecule is COC(=O)C1(C(=O)OC)CC1c1cccc(Br)c1OCC#Cc1ccccc1. The first kappa shape index (κ1) is 20.0. The van der Waals surface area contributed by atoms with Crippen LogP contribution in [0, 0.1) is 17.3 Å². The summed E-state index contributed by atoms with van der Waals surface area (Å²) in [5, 5.41) is 0. The van der Waals surface area contributed by atoms with Crippen molar-refractivity contribution in [2.75, 3.05) is 20.8 Å². The largest absolute Gasteiger partial charge is 0.479 e. The van der Waals surface area contributed by atoms with Crippen LogP contribution >= 0.6 is 15.9 Å². The number of hydrogen-bond acceptors (Lipinski definition) is 5. The third-order valence-electron chi connectivity index (χ3n) is 4.73. The van der Waals surface area contributed by atoms with Gasteiger partial charge >= 0.3 is 11.9 Å². The lowest BCUT2D eigenvalue weighted by Gasteiger charge is -2.15. The van der Waals surface area contributed by atoms with Gasteiger partial charge in [-0.25, -0.2) is 0 Å². The van der Waals surface area contributed by atoms with Crippen molar-refractivity contribution in [1.82, 2.24) is 0 Å². The lowest BCUT2D eigenvalue weighted by molar-refractivity contribution is -0.161. The summed E-state index contributed by atoms with van der Waals surface area (Å²) in [6.45, 7) is 0.167. The Kier molecular flexibility index (Phi) is 6.05. The number of para-hydroxylation sites is 1. The maximum atomic E-state index is 12.3. The normalized spacial score (nSPS) is 16.3. The van der Waals surface area contributed by atoms with E-state index in [-0.39, 0.29) is 12.5 Å². The van der Waals surface area contributed by atoms with Crippen molar-refractivity contribution in [3.05, 3.63) is 64.1 Å². The van der Waals surface area contributed by atoms with E-state index in [9.17, 15) is 9.59 Å². The van der Waals surface area contributed by atoms with Crippen LogP contribution in [0.2, 0.25) is 0 Å². The Morgan fingerprint density at radius 1 is 1.07 bits per heavy atom. The van der Waals surface area contributed by atoms with Gasteiger partial charge in [-0.15, -0.1) is 0 Å². The van der Waals surface area contributed by atoms with Crippen LogP contribution in [0.15, 0.2) is 53.0 Å². The topological polar surface area (TPSA) is 61.8 Å². The number of carbonyl (C=O) groups excluding carboxylic acids is 2. The van der Waals surface area contributed by atoms with Crippen molar-refractivity contribution in [2.45, 2.75) is 12.3 Å². The quantitative estimate of drug-likeness (QED) is 0.401. The van der Waals surface area contributed by atoms with E-state index in [1.165, 1.54) is 14.2 Å². The second kappa shape index (κ2) is 8.49. The molecule has 1 atom stereocenters. The lowest BCUT2D eigenvalue weighted by atomic mass is 9.98. The Morgan fingerprint density at radius 2 is 1.75 bits per heavy atom. The van der Waals surface area contributed by atoms with Crippen LogP contribution in [0.4, 0.5) is 0 Å². The highest BCUT2D eigenvalue weighted by molar-refractivity contribution is 9.10. The van der Waals surface area contributed by atoms with Gasteiger partial charge in [0, 0.05) is 17.0 Å². The average Bonchev–Trinajstić information content (AvgIpc) is 3.48. The molecule has 5 nitrogen and oxygen atoms in total. The predicted octanol–water partition coefficient (Wildman–Crippen LogP) is 3.70.